The molecule has 1 amide bonds. The van der Waals surface area contributed by atoms with Gasteiger partial charge in [0.25, 0.3) is 5.91 Å². The lowest BCUT2D eigenvalue weighted by molar-refractivity contribution is -0.166. The summed E-state index contributed by atoms with van der Waals surface area (Å²) in [6.45, 7) is 1.27. The van der Waals surface area contributed by atoms with Crippen LogP contribution in [0.2, 0.25) is 0 Å². The molecular formula is C14H13F3N2O4. The monoisotopic (exact) mass is 330 g/mol. The van der Waals surface area contributed by atoms with Crippen LogP contribution >= 0.6 is 0 Å². The fraction of sp³-hybridized carbons (Fsp3) is 0.357. The van der Waals surface area contributed by atoms with Gasteiger partial charge in [-0.25, -0.2) is 0 Å². The second kappa shape index (κ2) is 6.66. The molecule has 0 aliphatic heterocycles. The zero-order valence-corrected chi connectivity index (χ0v) is 12.2. The molecule has 2 N–H and O–H groups in total. The van der Waals surface area contributed by atoms with E-state index in [1.54, 1.807) is 0 Å². The van der Waals surface area contributed by atoms with Crippen LogP contribution in [0.15, 0.2) is 18.2 Å². The van der Waals surface area contributed by atoms with Crippen molar-refractivity contribution < 1.29 is 32.6 Å². The van der Waals surface area contributed by atoms with Gasteiger partial charge in [0.05, 0.1) is 23.8 Å². The molecule has 0 spiro atoms. The third kappa shape index (κ3) is 4.43. The predicted octanol–water partition coefficient (Wildman–Crippen LogP) is 1.83. The summed E-state index contributed by atoms with van der Waals surface area (Å²) < 4.78 is 43.2. The van der Waals surface area contributed by atoms with Crippen LogP contribution in [0, 0.1) is 11.3 Å². The molecule has 0 unspecified atom stereocenters. The normalized spacial score (nSPS) is 13.6. The third-order valence-corrected chi connectivity index (χ3v) is 2.85. The smallest absolute Gasteiger partial charge is 0.417 e. The molecule has 124 valence electrons. The molecule has 0 aliphatic rings. The second-order valence-corrected chi connectivity index (χ2v) is 4.81. The summed E-state index contributed by atoms with van der Waals surface area (Å²) in [6.07, 6.45) is -4.78. The summed E-state index contributed by atoms with van der Waals surface area (Å²) >= 11 is 0. The molecule has 0 aromatic heterocycles. The van der Waals surface area contributed by atoms with Gasteiger partial charge in [-0.15, -0.1) is 0 Å². The number of benzene rings is 1. The van der Waals surface area contributed by atoms with Crippen molar-refractivity contribution in [2.45, 2.75) is 25.6 Å². The molecule has 1 aromatic rings. The third-order valence-electron chi connectivity index (χ3n) is 2.85. The first-order valence-electron chi connectivity index (χ1n) is 6.26. The number of hydrogen-bond donors (Lipinski definition) is 2. The van der Waals surface area contributed by atoms with Crippen LogP contribution in [-0.2, 0) is 20.5 Å². The standard InChI is InChI=1S/C14H13F3N2O4/c1-8(21)23-13(2,7-20)12(22)19-10-4-3-9(6-18)11(5-10)14(15,16)17/h3-5,20H,7H2,1-2H3,(H,19,22)/t13-/m0/s1. The highest BCUT2D eigenvalue weighted by Crippen LogP contribution is 2.33. The zero-order chi connectivity index (χ0) is 17.8. The van der Waals surface area contributed by atoms with Gasteiger partial charge in [0.1, 0.15) is 0 Å². The number of halogens is 3. The minimum Gasteiger partial charge on any atom is -0.447 e. The Balaban J connectivity index is 3.12. The van der Waals surface area contributed by atoms with Crippen LogP contribution in [0.1, 0.15) is 25.0 Å². The lowest BCUT2D eigenvalue weighted by Gasteiger charge is -2.25. The number of anilines is 1. The minimum atomic E-state index is -4.78. The predicted molar refractivity (Wildman–Crippen MR) is 72.0 cm³/mol. The minimum absolute atomic E-state index is 0.256. The molecule has 1 aromatic carbocycles. The summed E-state index contributed by atoms with van der Waals surface area (Å²) in [7, 11) is 0. The number of ether oxygens (including phenoxy) is 1. The van der Waals surface area contributed by atoms with Crippen molar-refractivity contribution in [2.75, 3.05) is 11.9 Å². The number of carbonyl (C=O) groups excluding carboxylic acids is 2. The van der Waals surface area contributed by atoms with Crippen LogP contribution in [-0.4, -0.2) is 29.2 Å². The maximum absolute atomic E-state index is 12.9. The first-order chi connectivity index (χ1) is 10.5. The summed E-state index contributed by atoms with van der Waals surface area (Å²) in [5, 5.41) is 20.0. The molecule has 6 nitrogen and oxygen atoms in total. The maximum Gasteiger partial charge on any atom is 0.417 e. The second-order valence-electron chi connectivity index (χ2n) is 4.81. The fourth-order valence-electron chi connectivity index (χ4n) is 1.68. The van der Waals surface area contributed by atoms with Gasteiger partial charge in [-0.05, 0) is 25.1 Å². The first-order valence-corrected chi connectivity index (χ1v) is 6.26. The highest BCUT2D eigenvalue weighted by Gasteiger charge is 2.37. The zero-order valence-electron chi connectivity index (χ0n) is 12.2. The summed E-state index contributed by atoms with van der Waals surface area (Å²) in [5.74, 6) is -1.85. The Hall–Kier alpha value is -2.60. The molecule has 0 bridgehead atoms. The van der Waals surface area contributed by atoms with Gasteiger partial charge in [-0.1, -0.05) is 0 Å². The molecule has 1 rings (SSSR count). The number of nitriles is 1. The summed E-state index contributed by atoms with van der Waals surface area (Å²) in [4.78, 5) is 23.0. The number of aliphatic hydroxyl groups is 1. The molecule has 9 heteroatoms. The maximum atomic E-state index is 12.9. The van der Waals surface area contributed by atoms with E-state index in [1.165, 1.54) is 6.07 Å². The molecule has 0 saturated heterocycles. The lowest BCUT2D eigenvalue weighted by atomic mass is 10.0. The number of esters is 1. The summed E-state index contributed by atoms with van der Waals surface area (Å²) in [6, 6.07) is 3.99. The molecule has 0 radical (unpaired) electrons. The van der Waals surface area contributed by atoms with E-state index < -0.39 is 41.4 Å². The number of aliphatic hydroxyl groups excluding tert-OH is 1. The van der Waals surface area contributed by atoms with E-state index in [4.69, 9.17) is 5.26 Å². The van der Waals surface area contributed by atoms with Crippen LogP contribution in [0.3, 0.4) is 0 Å². The van der Waals surface area contributed by atoms with Gasteiger partial charge in [-0.2, -0.15) is 18.4 Å². The van der Waals surface area contributed by atoms with E-state index in [1.807, 2.05) is 0 Å². The molecular weight excluding hydrogens is 317 g/mol. The van der Waals surface area contributed by atoms with E-state index in [0.29, 0.717) is 6.07 Å². The Bertz CT molecular complexity index is 667. The fourth-order valence-corrected chi connectivity index (χ4v) is 1.68. The number of hydrogen-bond acceptors (Lipinski definition) is 5. The van der Waals surface area contributed by atoms with E-state index in [2.05, 4.69) is 10.1 Å². The van der Waals surface area contributed by atoms with Crippen LogP contribution in [0.4, 0.5) is 18.9 Å². The van der Waals surface area contributed by atoms with E-state index in [9.17, 15) is 27.9 Å². The lowest BCUT2D eigenvalue weighted by Crippen LogP contribution is -2.47. The van der Waals surface area contributed by atoms with Crippen molar-refractivity contribution in [3.05, 3.63) is 29.3 Å². The highest BCUT2D eigenvalue weighted by molar-refractivity contribution is 5.98. The Morgan fingerprint density at radius 2 is 2.00 bits per heavy atom. The molecule has 0 saturated carbocycles. The van der Waals surface area contributed by atoms with Crippen molar-refractivity contribution in [1.82, 2.24) is 0 Å². The molecule has 1 atom stereocenters. The van der Waals surface area contributed by atoms with E-state index >= 15 is 0 Å². The van der Waals surface area contributed by atoms with Gasteiger partial charge in [-0.3, -0.25) is 9.59 Å². The average Bonchev–Trinajstić information content (AvgIpc) is 2.45. The molecule has 23 heavy (non-hydrogen) atoms. The quantitative estimate of drug-likeness (QED) is 0.821. The SMILES string of the molecule is CC(=O)O[C@@](C)(CO)C(=O)Nc1ccc(C#N)c(C(F)(F)F)c1. The highest BCUT2D eigenvalue weighted by atomic mass is 19.4. The van der Waals surface area contributed by atoms with Gasteiger partial charge >= 0.3 is 12.1 Å². The molecule has 0 aliphatic carbocycles. The Morgan fingerprint density at radius 3 is 2.43 bits per heavy atom. The van der Waals surface area contributed by atoms with Crippen LogP contribution < -0.4 is 5.32 Å². The van der Waals surface area contributed by atoms with E-state index in [-0.39, 0.29) is 5.69 Å². The average molecular weight is 330 g/mol. The van der Waals surface area contributed by atoms with Gasteiger partial charge in [0.15, 0.2) is 0 Å². The Morgan fingerprint density at radius 1 is 1.39 bits per heavy atom. The van der Waals surface area contributed by atoms with Crippen LogP contribution in [0.5, 0.6) is 0 Å². The number of amides is 1. The number of nitrogens with one attached hydrogen (secondary N) is 1. The van der Waals surface area contributed by atoms with Crippen molar-refractivity contribution in [3.8, 4) is 6.07 Å². The number of rotatable bonds is 4. The van der Waals surface area contributed by atoms with Gasteiger partial charge in [0.2, 0.25) is 5.60 Å². The van der Waals surface area contributed by atoms with E-state index in [0.717, 1.165) is 26.0 Å². The van der Waals surface area contributed by atoms with Gasteiger partial charge < -0.3 is 15.2 Å². The largest absolute Gasteiger partial charge is 0.447 e. The first kappa shape index (κ1) is 18.4. The molecule has 0 heterocycles. The number of alkyl halides is 3. The van der Waals surface area contributed by atoms with Crippen molar-refractivity contribution >= 4 is 17.6 Å². The van der Waals surface area contributed by atoms with Crippen molar-refractivity contribution in [2.24, 2.45) is 0 Å². The Labute approximate surface area is 129 Å². The number of nitrogens with zero attached hydrogens (tertiary/aromatic N) is 1. The van der Waals surface area contributed by atoms with Crippen molar-refractivity contribution in [1.29, 1.82) is 5.26 Å². The van der Waals surface area contributed by atoms with Crippen LogP contribution in [0.25, 0.3) is 0 Å². The van der Waals surface area contributed by atoms with Gasteiger partial charge in [0, 0.05) is 12.6 Å². The Kier molecular flexibility index (Phi) is 5.34. The summed E-state index contributed by atoms with van der Waals surface area (Å²) in [5.41, 5.74) is -4.01. The van der Waals surface area contributed by atoms with Crippen molar-refractivity contribution in [3.63, 3.8) is 0 Å². The number of carbonyl (C=O) groups is 2. The topological polar surface area (TPSA) is 99.4 Å². The molecule has 0 fully saturated rings.